The lowest BCUT2D eigenvalue weighted by molar-refractivity contribution is 1.11. The maximum Gasteiger partial charge on any atom is 0.101 e. The Labute approximate surface area is 76.8 Å². The molecule has 0 aliphatic rings. The molecule has 0 bridgehead atoms. The Balaban J connectivity index is 2.83. The average molecular weight is 180 g/mol. The van der Waals surface area contributed by atoms with Crippen molar-refractivity contribution in [2.45, 2.75) is 20.3 Å². The zero-order chi connectivity index (χ0) is 8.97. The van der Waals surface area contributed by atoms with Crippen molar-refractivity contribution in [3.05, 3.63) is 28.8 Å². The van der Waals surface area contributed by atoms with Crippen LogP contribution in [0.25, 0.3) is 6.08 Å². The van der Waals surface area contributed by atoms with Gasteiger partial charge in [-0.2, -0.15) is 0 Å². The minimum absolute atomic E-state index is 0.886. The van der Waals surface area contributed by atoms with Crippen LogP contribution in [0.5, 0.6) is 0 Å². The lowest BCUT2D eigenvalue weighted by Gasteiger charge is -1.94. The van der Waals surface area contributed by atoms with Crippen molar-refractivity contribution in [1.82, 2.24) is 9.59 Å². The molecule has 0 amide bonds. The van der Waals surface area contributed by atoms with Gasteiger partial charge in [0.15, 0.2) is 0 Å². The van der Waals surface area contributed by atoms with Crippen molar-refractivity contribution < 1.29 is 0 Å². The van der Waals surface area contributed by atoms with Gasteiger partial charge in [0, 0.05) is 6.42 Å². The topological polar surface area (TPSA) is 25.8 Å². The third-order valence-corrected chi connectivity index (χ3v) is 2.11. The zero-order valence-corrected chi connectivity index (χ0v) is 8.19. The highest BCUT2D eigenvalue weighted by atomic mass is 32.1. The highest BCUT2D eigenvalue weighted by molar-refractivity contribution is 7.05. The summed E-state index contributed by atoms with van der Waals surface area (Å²) in [7, 11) is 0. The van der Waals surface area contributed by atoms with Gasteiger partial charge in [0.05, 0.1) is 4.88 Å². The molecule has 0 N–H and O–H groups in total. The largest absolute Gasteiger partial charge is 0.138 e. The summed E-state index contributed by atoms with van der Waals surface area (Å²) in [6.45, 7) is 7.85. The molecular weight excluding hydrogens is 168 g/mol. The molecule has 0 aromatic carbocycles. The van der Waals surface area contributed by atoms with Crippen molar-refractivity contribution in [2.24, 2.45) is 0 Å². The predicted octanol–water partition coefficient (Wildman–Crippen LogP) is 2.69. The Morgan fingerprint density at radius 2 is 2.42 bits per heavy atom. The highest BCUT2D eigenvalue weighted by Crippen LogP contribution is 2.15. The summed E-state index contributed by atoms with van der Waals surface area (Å²) in [6.07, 6.45) is 4.83. The third kappa shape index (κ3) is 2.27. The average Bonchev–Trinajstić information content (AvgIpc) is 2.37. The summed E-state index contributed by atoms with van der Waals surface area (Å²) in [5.74, 6) is 0. The van der Waals surface area contributed by atoms with E-state index in [0.717, 1.165) is 17.7 Å². The first-order chi connectivity index (χ1) is 5.74. The second-order valence-electron chi connectivity index (χ2n) is 2.72. The molecule has 0 spiro atoms. The predicted molar refractivity (Wildman–Crippen MR) is 53.1 cm³/mol. The van der Waals surface area contributed by atoms with Crippen LogP contribution >= 0.6 is 11.5 Å². The molecule has 0 aliphatic carbocycles. The lowest BCUT2D eigenvalue weighted by Crippen LogP contribution is -1.84. The van der Waals surface area contributed by atoms with Gasteiger partial charge in [-0.1, -0.05) is 22.7 Å². The van der Waals surface area contributed by atoms with Gasteiger partial charge in [-0.15, -0.1) is 5.10 Å². The standard InChI is InChI=1S/C9H12N2S/c1-4-5-8-9(6-7(2)3)12-11-10-8/h4-5H,2,6H2,1,3H3/b5-4+. The van der Waals surface area contributed by atoms with Crippen LogP contribution in [0.3, 0.4) is 0 Å². The molecule has 1 heterocycles. The summed E-state index contributed by atoms with van der Waals surface area (Å²) in [5, 5.41) is 4.00. The number of nitrogens with zero attached hydrogens (tertiary/aromatic N) is 2. The molecule has 64 valence electrons. The molecule has 0 fully saturated rings. The number of allylic oxidation sites excluding steroid dienone is 2. The van der Waals surface area contributed by atoms with Crippen molar-refractivity contribution >= 4 is 17.6 Å². The van der Waals surface area contributed by atoms with Crippen molar-refractivity contribution in [1.29, 1.82) is 0 Å². The summed E-state index contributed by atoms with van der Waals surface area (Å²) >= 11 is 1.44. The number of rotatable bonds is 3. The highest BCUT2D eigenvalue weighted by Gasteiger charge is 2.03. The SMILES string of the molecule is C=C(C)Cc1snnc1/C=C/C. The molecule has 1 rings (SSSR count). The molecule has 0 aliphatic heterocycles. The fraction of sp³-hybridized carbons (Fsp3) is 0.333. The summed E-state index contributed by atoms with van der Waals surface area (Å²) in [4.78, 5) is 1.20. The Bertz CT molecular complexity index is 299. The van der Waals surface area contributed by atoms with E-state index in [4.69, 9.17) is 0 Å². The van der Waals surface area contributed by atoms with Crippen LogP contribution in [-0.2, 0) is 6.42 Å². The van der Waals surface area contributed by atoms with Gasteiger partial charge in [0.2, 0.25) is 0 Å². The fourth-order valence-electron chi connectivity index (χ4n) is 0.897. The second-order valence-corrected chi connectivity index (χ2v) is 3.55. The smallest absolute Gasteiger partial charge is 0.101 e. The zero-order valence-electron chi connectivity index (χ0n) is 7.37. The molecule has 1 aromatic rings. The molecule has 0 saturated carbocycles. The van der Waals surface area contributed by atoms with E-state index in [-0.39, 0.29) is 0 Å². The molecule has 12 heavy (non-hydrogen) atoms. The maximum atomic E-state index is 4.00. The van der Waals surface area contributed by atoms with E-state index in [9.17, 15) is 0 Å². The monoisotopic (exact) mass is 180 g/mol. The molecular formula is C9H12N2S. The first kappa shape index (κ1) is 9.13. The Morgan fingerprint density at radius 1 is 1.67 bits per heavy atom. The van der Waals surface area contributed by atoms with E-state index >= 15 is 0 Å². The first-order valence-corrected chi connectivity index (χ1v) is 4.59. The Morgan fingerprint density at radius 3 is 3.00 bits per heavy atom. The molecule has 0 radical (unpaired) electrons. The van der Waals surface area contributed by atoms with Crippen LogP contribution < -0.4 is 0 Å². The van der Waals surface area contributed by atoms with Crippen molar-refractivity contribution in [2.75, 3.05) is 0 Å². The van der Waals surface area contributed by atoms with Gasteiger partial charge in [-0.25, -0.2) is 0 Å². The third-order valence-electron chi connectivity index (χ3n) is 1.37. The molecule has 0 atom stereocenters. The Hall–Kier alpha value is -0.960. The van der Waals surface area contributed by atoms with E-state index in [2.05, 4.69) is 16.2 Å². The van der Waals surface area contributed by atoms with Crippen molar-refractivity contribution in [3.63, 3.8) is 0 Å². The van der Waals surface area contributed by atoms with Gasteiger partial charge in [-0.3, -0.25) is 0 Å². The number of hydrogen-bond donors (Lipinski definition) is 0. The summed E-state index contributed by atoms with van der Waals surface area (Å²) in [6, 6.07) is 0. The van der Waals surface area contributed by atoms with Crippen LogP contribution in [0.2, 0.25) is 0 Å². The van der Waals surface area contributed by atoms with Crippen LogP contribution in [0, 0.1) is 0 Å². The van der Waals surface area contributed by atoms with E-state index in [1.807, 2.05) is 26.0 Å². The van der Waals surface area contributed by atoms with Crippen LogP contribution in [0.1, 0.15) is 24.4 Å². The summed E-state index contributed by atoms with van der Waals surface area (Å²) < 4.78 is 3.89. The van der Waals surface area contributed by atoms with Crippen molar-refractivity contribution in [3.8, 4) is 0 Å². The van der Waals surface area contributed by atoms with Gasteiger partial charge in [0.1, 0.15) is 5.69 Å². The normalized spacial score (nSPS) is 10.8. The van der Waals surface area contributed by atoms with E-state index < -0.39 is 0 Å². The van der Waals surface area contributed by atoms with Crippen LogP contribution in [0.15, 0.2) is 18.2 Å². The minimum atomic E-state index is 0.886. The summed E-state index contributed by atoms with van der Waals surface area (Å²) in [5.41, 5.74) is 2.12. The van der Waals surface area contributed by atoms with E-state index in [1.165, 1.54) is 16.4 Å². The molecule has 3 heteroatoms. The first-order valence-electron chi connectivity index (χ1n) is 3.82. The quantitative estimate of drug-likeness (QED) is 0.668. The van der Waals surface area contributed by atoms with E-state index in [0.29, 0.717) is 0 Å². The molecule has 0 saturated heterocycles. The lowest BCUT2D eigenvalue weighted by atomic mass is 10.2. The van der Waals surface area contributed by atoms with Gasteiger partial charge in [-0.05, 0) is 31.5 Å². The molecule has 1 aromatic heterocycles. The molecule has 2 nitrogen and oxygen atoms in total. The van der Waals surface area contributed by atoms with Gasteiger partial charge < -0.3 is 0 Å². The van der Waals surface area contributed by atoms with Crippen LogP contribution in [0.4, 0.5) is 0 Å². The number of aromatic nitrogens is 2. The molecule has 0 unspecified atom stereocenters. The maximum absolute atomic E-state index is 4.00. The minimum Gasteiger partial charge on any atom is -0.138 e. The fourth-order valence-corrected chi connectivity index (χ4v) is 1.64. The number of hydrogen-bond acceptors (Lipinski definition) is 3. The van der Waals surface area contributed by atoms with Gasteiger partial charge in [0.25, 0.3) is 0 Å². The second kappa shape index (κ2) is 4.16. The van der Waals surface area contributed by atoms with Gasteiger partial charge >= 0.3 is 0 Å². The van der Waals surface area contributed by atoms with E-state index in [1.54, 1.807) is 0 Å². The van der Waals surface area contributed by atoms with Crippen LogP contribution in [-0.4, -0.2) is 9.59 Å². The Kier molecular flexibility index (Phi) is 3.17.